The van der Waals surface area contributed by atoms with Crippen LogP contribution in [0.3, 0.4) is 0 Å². The van der Waals surface area contributed by atoms with Gasteiger partial charge in [0.25, 0.3) is 5.56 Å². The van der Waals surface area contributed by atoms with Crippen LogP contribution in [0.4, 0.5) is 5.69 Å². The average Bonchev–Trinajstić information content (AvgIpc) is 2.71. The molecule has 1 unspecified atom stereocenters. The van der Waals surface area contributed by atoms with Crippen LogP contribution in [0.5, 0.6) is 0 Å². The number of aryl methyl sites for hydroxylation is 1. The van der Waals surface area contributed by atoms with Gasteiger partial charge in [-0.3, -0.25) is 18.7 Å². The van der Waals surface area contributed by atoms with E-state index in [9.17, 15) is 14.4 Å². The van der Waals surface area contributed by atoms with Gasteiger partial charge in [0, 0.05) is 18.3 Å². The molecular formula is C23H27N3O3. The summed E-state index contributed by atoms with van der Waals surface area (Å²) in [6.45, 7) is 8.01. The number of benzene rings is 2. The second kappa shape index (κ2) is 8.47. The quantitative estimate of drug-likeness (QED) is 0.644. The highest BCUT2D eigenvalue weighted by Crippen LogP contribution is 2.17. The molecule has 1 aromatic heterocycles. The first-order valence-electron chi connectivity index (χ1n) is 10.00. The maximum absolute atomic E-state index is 13.2. The number of amides is 1. The second-order valence-electron chi connectivity index (χ2n) is 7.30. The van der Waals surface area contributed by atoms with E-state index in [0.29, 0.717) is 23.9 Å². The van der Waals surface area contributed by atoms with Crippen molar-refractivity contribution in [3.63, 3.8) is 0 Å². The smallest absolute Gasteiger partial charge is 0.311 e. The summed E-state index contributed by atoms with van der Waals surface area (Å²) in [5.41, 5.74) is 1.58. The minimum Gasteiger partial charge on any atom is -0.311 e. The van der Waals surface area contributed by atoms with E-state index in [0.717, 1.165) is 11.3 Å². The zero-order valence-corrected chi connectivity index (χ0v) is 17.4. The van der Waals surface area contributed by atoms with Gasteiger partial charge in [0.1, 0.15) is 6.54 Å². The van der Waals surface area contributed by atoms with Crippen LogP contribution < -0.4 is 16.1 Å². The van der Waals surface area contributed by atoms with Crippen molar-refractivity contribution in [3.8, 4) is 0 Å². The molecule has 0 radical (unpaired) electrons. The molecule has 1 atom stereocenters. The molecule has 6 nitrogen and oxygen atoms in total. The van der Waals surface area contributed by atoms with Crippen molar-refractivity contribution in [2.75, 3.05) is 11.4 Å². The Morgan fingerprint density at radius 3 is 2.45 bits per heavy atom. The first-order chi connectivity index (χ1) is 13.9. The molecule has 0 bridgehead atoms. The molecule has 0 spiro atoms. The maximum Gasteiger partial charge on any atom is 0.332 e. The normalized spacial score (nSPS) is 12.1. The fourth-order valence-electron chi connectivity index (χ4n) is 3.58. The minimum atomic E-state index is -0.448. The van der Waals surface area contributed by atoms with E-state index >= 15 is 0 Å². The Kier molecular flexibility index (Phi) is 6.01. The fourth-order valence-corrected chi connectivity index (χ4v) is 3.58. The Morgan fingerprint density at radius 2 is 1.79 bits per heavy atom. The summed E-state index contributed by atoms with van der Waals surface area (Å²) in [7, 11) is 0. The summed E-state index contributed by atoms with van der Waals surface area (Å²) in [6.07, 6.45) is 0.645. The summed E-state index contributed by atoms with van der Waals surface area (Å²) in [4.78, 5) is 40.9. The Bertz CT molecular complexity index is 1160. The lowest BCUT2D eigenvalue weighted by molar-refractivity contribution is -0.119. The van der Waals surface area contributed by atoms with Gasteiger partial charge in [-0.15, -0.1) is 0 Å². The standard InChI is InChI=1S/C23H27N3O3/c1-5-17(4)26-22(28)19-12-7-8-13-20(19)25(23(26)29)15-21(27)24(6-2)18-11-9-10-16(3)14-18/h7-14,17H,5-6,15H2,1-4H3. The second-order valence-corrected chi connectivity index (χ2v) is 7.30. The van der Waals surface area contributed by atoms with E-state index in [1.54, 1.807) is 29.2 Å². The molecule has 2 aromatic carbocycles. The van der Waals surface area contributed by atoms with Gasteiger partial charge in [0.05, 0.1) is 10.9 Å². The van der Waals surface area contributed by atoms with Crippen LogP contribution in [-0.4, -0.2) is 21.6 Å². The number of carbonyl (C=O) groups excluding carboxylic acids is 1. The van der Waals surface area contributed by atoms with Crippen molar-refractivity contribution in [2.24, 2.45) is 0 Å². The number of hydrogen-bond donors (Lipinski definition) is 0. The Balaban J connectivity index is 2.13. The fraction of sp³-hybridized carbons (Fsp3) is 0.348. The van der Waals surface area contributed by atoms with Gasteiger partial charge in [-0.1, -0.05) is 31.2 Å². The summed E-state index contributed by atoms with van der Waals surface area (Å²) >= 11 is 0. The van der Waals surface area contributed by atoms with Gasteiger partial charge in [0.2, 0.25) is 5.91 Å². The van der Waals surface area contributed by atoms with E-state index in [1.165, 1.54) is 9.13 Å². The van der Waals surface area contributed by atoms with Gasteiger partial charge in [0.15, 0.2) is 0 Å². The van der Waals surface area contributed by atoms with Crippen LogP contribution in [-0.2, 0) is 11.3 Å². The minimum absolute atomic E-state index is 0.127. The molecule has 0 aliphatic heterocycles. The number of nitrogens with zero attached hydrogens (tertiary/aromatic N) is 3. The van der Waals surface area contributed by atoms with Crippen molar-refractivity contribution < 1.29 is 4.79 Å². The molecule has 0 aliphatic carbocycles. The predicted octanol–water partition coefficient (Wildman–Crippen LogP) is 3.50. The summed E-state index contributed by atoms with van der Waals surface area (Å²) < 4.78 is 2.68. The van der Waals surface area contributed by atoms with E-state index in [4.69, 9.17) is 0 Å². The van der Waals surface area contributed by atoms with E-state index in [1.807, 2.05) is 52.0 Å². The third-order valence-corrected chi connectivity index (χ3v) is 5.34. The van der Waals surface area contributed by atoms with E-state index in [2.05, 4.69) is 0 Å². The third kappa shape index (κ3) is 3.88. The van der Waals surface area contributed by atoms with Crippen molar-refractivity contribution in [3.05, 3.63) is 74.9 Å². The largest absolute Gasteiger partial charge is 0.332 e. The highest BCUT2D eigenvalue weighted by Gasteiger charge is 2.20. The van der Waals surface area contributed by atoms with Gasteiger partial charge in [-0.05, 0) is 57.0 Å². The van der Waals surface area contributed by atoms with Crippen molar-refractivity contribution >= 4 is 22.5 Å². The van der Waals surface area contributed by atoms with Crippen LogP contribution in [0.25, 0.3) is 10.9 Å². The molecule has 3 rings (SSSR count). The predicted molar refractivity (Wildman–Crippen MR) is 117 cm³/mol. The van der Waals surface area contributed by atoms with E-state index < -0.39 is 5.69 Å². The summed E-state index contributed by atoms with van der Waals surface area (Å²) in [6, 6.07) is 14.4. The Labute approximate surface area is 170 Å². The number of hydrogen-bond acceptors (Lipinski definition) is 3. The maximum atomic E-state index is 13.2. The number of carbonyl (C=O) groups is 1. The zero-order valence-electron chi connectivity index (χ0n) is 17.4. The number of rotatable bonds is 6. The molecule has 1 heterocycles. The number of anilines is 1. The lowest BCUT2D eigenvalue weighted by atomic mass is 10.2. The number of likely N-dealkylation sites (N-methyl/N-ethyl adjacent to an activating group) is 1. The Morgan fingerprint density at radius 1 is 1.07 bits per heavy atom. The number of fused-ring (bicyclic) bond motifs is 1. The van der Waals surface area contributed by atoms with Gasteiger partial charge >= 0.3 is 5.69 Å². The molecule has 29 heavy (non-hydrogen) atoms. The van der Waals surface area contributed by atoms with Crippen LogP contribution in [0, 0.1) is 6.92 Å². The first kappa shape index (κ1) is 20.6. The van der Waals surface area contributed by atoms with E-state index in [-0.39, 0.29) is 24.1 Å². The number of para-hydroxylation sites is 1. The SMILES string of the molecule is CCC(C)n1c(=O)c2ccccc2n(CC(=O)N(CC)c2cccc(C)c2)c1=O. The van der Waals surface area contributed by atoms with Crippen LogP contribution in [0.15, 0.2) is 58.1 Å². The molecule has 6 heteroatoms. The zero-order chi connectivity index (χ0) is 21.1. The van der Waals surface area contributed by atoms with Crippen molar-refractivity contribution in [2.45, 2.75) is 46.7 Å². The molecule has 1 amide bonds. The van der Waals surface area contributed by atoms with Gasteiger partial charge < -0.3 is 4.90 Å². The molecular weight excluding hydrogens is 366 g/mol. The molecule has 0 saturated carbocycles. The van der Waals surface area contributed by atoms with Gasteiger partial charge in [-0.25, -0.2) is 4.79 Å². The molecule has 152 valence electrons. The van der Waals surface area contributed by atoms with Crippen molar-refractivity contribution in [1.29, 1.82) is 0 Å². The highest BCUT2D eigenvalue weighted by atomic mass is 16.2. The monoisotopic (exact) mass is 393 g/mol. The number of aromatic nitrogens is 2. The first-order valence-corrected chi connectivity index (χ1v) is 10.00. The average molecular weight is 393 g/mol. The van der Waals surface area contributed by atoms with Crippen molar-refractivity contribution in [1.82, 2.24) is 9.13 Å². The third-order valence-electron chi connectivity index (χ3n) is 5.34. The Hall–Kier alpha value is -3.15. The molecule has 0 saturated heterocycles. The van der Waals surface area contributed by atoms with Crippen LogP contribution in [0.2, 0.25) is 0 Å². The molecule has 0 N–H and O–H groups in total. The summed E-state index contributed by atoms with van der Waals surface area (Å²) in [5, 5.41) is 0.443. The lowest BCUT2D eigenvalue weighted by Crippen LogP contribution is -2.44. The molecule has 3 aromatic rings. The topological polar surface area (TPSA) is 64.3 Å². The highest BCUT2D eigenvalue weighted by molar-refractivity contribution is 5.94. The van der Waals surface area contributed by atoms with Crippen LogP contribution in [0.1, 0.15) is 38.8 Å². The summed E-state index contributed by atoms with van der Waals surface area (Å²) in [5.74, 6) is -0.195. The van der Waals surface area contributed by atoms with Crippen LogP contribution >= 0.6 is 0 Å². The lowest BCUT2D eigenvalue weighted by Gasteiger charge is -2.23. The molecule has 0 aliphatic rings. The molecule has 0 fully saturated rings. The van der Waals surface area contributed by atoms with Gasteiger partial charge in [-0.2, -0.15) is 0 Å².